The minimum atomic E-state index is 0. The summed E-state index contributed by atoms with van der Waals surface area (Å²) in [6.07, 6.45) is 9.00. The van der Waals surface area contributed by atoms with Crippen molar-refractivity contribution in [3.63, 3.8) is 0 Å². The summed E-state index contributed by atoms with van der Waals surface area (Å²) in [5.74, 6) is 0. The van der Waals surface area contributed by atoms with Crippen LogP contribution < -0.4 is 0 Å². The number of hydrogen-bond acceptors (Lipinski definition) is 0. The van der Waals surface area contributed by atoms with E-state index in [0.717, 1.165) is 0 Å². The van der Waals surface area contributed by atoms with Crippen LogP contribution >= 0.6 is 0 Å². The first-order valence-electron chi connectivity index (χ1n) is 5.00. The van der Waals surface area contributed by atoms with Gasteiger partial charge in [-0.3, -0.25) is 0 Å². The Morgan fingerprint density at radius 1 is 0.400 bits per heavy atom. The second kappa shape index (κ2) is 62.2. The Morgan fingerprint density at radius 3 is 0.533 bits per heavy atom. The van der Waals surface area contributed by atoms with Gasteiger partial charge in [-0.15, -0.1) is 0 Å². The van der Waals surface area contributed by atoms with Gasteiger partial charge in [0, 0.05) is 0 Å². The van der Waals surface area contributed by atoms with Crippen LogP contribution in [-0.4, -0.2) is 28.2 Å². The molecule has 4 N–H and O–H groups in total. The first-order chi connectivity index (χ1) is 7.00. The molecule has 5 heteroatoms. The molecule has 1 rings (SSSR count). The molecule has 1 aliphatic rings. The summed E-state index contributed by atoms with van der Waals surface area (Å²) in [7, 11) is 5.00. The largest absolute Gasteiger partial charge is 4.00 e. The maximum atomic E-state index is 5.75. The van der Waals surface area contributed by atoms with Gasteiger partial charge >= 0.3 is 21.7 Å². The van der Waals surface area contributed by atoms with E-state index < -0.39 is 0 Å². The molecule has 0 radical (unpaired) electrons. The van der Waals surface area contributed by atoms with E-state index in [2.05, 4.69) is 0 Å². The molecule has 0 heterocycles. The monoisotopic (exact) mass is 252 g/mol. The fourth-order valence-corrected chi connectivity index (χ4v) is 1.06. The fourth-order valence-electron chi connectivity index (χ4n) is 1.06. The molecule has 1 saturated carbocycles. The maximum absolute atomic E-state index is 5.75. The average Bonchev–Trinajstić information content (AvgIpc) is 2.41. The van der Waals surface area contributed by atoms with Gasteiger partial charge in [-0.2, -0.15) is 28.2 Å². The van der Waals surface area contributed by atoms with Gasteiger partial charge in [-0.1, -0.05) is 38.5 Å². The van der Waals surface area contributed by atoms with Crippen molar-refractivity contribution >= 4 is 0 Å². The molecule has 0 bridgehead atoms. The summed E-state index contributed by atoms with van der Waals surface area (Å²) in [5, 5.41) is 0. The van der Waals surface area contributed by atoms with Crippen LogP contribution in [0.25, 0.3) is 22.9 Å². The van der Waals surface area contributed by atoms with E-state index >= 15 is 0 Å². The predicted octanol–water partition coefficient (Wildman–Crippen LogP) is 5.01. The third kappa shape index (κ3) is 53.4. The number of nitrogens with one attached hydrogen (secondary N) is 4. The first kappa shape index (κ1) is 29.6. The van der Waals surface area contributed by atoms with Crippen molar-refractivity contribution in [2.75, 3.05) is 28.2 Å². The molecule has 1 fully saturated rings. The number of hydrogen-bond donors (Lipinski definition) is 0. The van der Waals surface area contributed by atoms with Crippen LogP contribution in [0, 0.1) is 0 Å². The Kier molecular flexibility index (Phi) is 123. The van der Waals surface area contributed by atoms with E-state index in [4.69, 9.17) is 22.9 Å². The van der Waals surface area contributed by atoms with Crippen molar-refractivity contribution in [2.24, 2.45) is 0 Å². The van der Waals surface area contributed by atoms with Gasteiger partial charge in [0.1, 0.15) is 0 Å². The van der Waals surface area contributed by atoms with Crippen LogP contribution in [0.15, 0.2) is 0 Å². The first-order valence-corrected chi connectivity index (χ1v) is 5.00. The predicted molar refractivity (Wildman–Crippen MR) is 68.7 cm³/mol. The molecule has 0 aromatic carbocycles. The van der Waals surface area contributed by atoms with Crippen molar-refractivity contribution in [3.8, 4) is 0 Å². The second-order valence-electron chi connectivity index (χ2n) is 2.12. The summed E-state index contributed by atoms with van der Waals surface area (Å²) in [6, 6.07) is 0. The quantitative estimate of drug-likeness (QED) is 0.541. The topological polar surface area (TPSA) is 95.2 Å². The molecular weight excluding hydrogens is 224 g/mol. The van der Waals surface area contributed by atoms with Gasteiger partial charge < -0.3 is 22.9 Å². The second-order valence-corrected chi connectivity index (χ2v) is 2.12. The van der Waals surface area contributed by atoms with E-state index in [9.17, 15) is 0 Å². The molecule has 0 aliphatic heterocycles. The molecule has 0 aromatic heterocycles. The van der Waals surface area contributed by atoms with Gasteiger partial charge in [0.05, 0.1) is 0 Å². The van der Waals surface area contributed by atoms with E-state index in [1.807, 2.05) is 0 Å². The molecule has 0 saturated heterocycles. The van der Waals surface area contributed by atoms with Crippen LogP contribution in [0.4, 0.5) is 0 Å². The van der Waals surface area contributed by atoms with Crippen LogP contribution in [0.3, 0.4) is 0 Å². The van der Waals surface area contributed by atoms with Gasteiger partial charge in [-0.05, 0) is 0 Å². The molecular formula is C10H28N4Ti. The van der Waals surface area contributed by atoms with Crippen molar-refractivity contribution < 1.29 is 21.7 Å². The standard InChI is InChI=1S/C6H12.4CH4N.Ti/c1-2-4-6-5-3-1;4*1-2;/h1-6H2;4*2H,1H3;/q;4*-1;+4. The van der Waals surface area contributed by atoms with Crippen LogP contribution in [0.5, 0.6) is 0 Å². The van der Waals surface area contributed by atoms with Gasteiger partial charge in [0.2, 0.25) is 0 Å². The minimum Gasteiger partial charge on any atom is -0.680 e. The summed E-state index contributed by atoms with van der Waals surface area (Å²) in [6.45, 7) is 0. The van der Waals surface area contributed by atoms with Crippen molar-refractivity contribution in [1.82, 2.24) is 0 Å². The zero-order chi connectivity index (χ0) is 12.2. The van der Waals surface area contributed by atoms with Gasteiger partial charge in [0.15, 0.2) is 0 Å². The van der Waals surface area contributed by atoms with Crippen LogP contribution in [-0.2, 0) is 21.7 Å². The Morgan fingerprint density at radius 2 is 0.467 bits per heavy atom. The summed E-state index contributed by atoms with van der Waals surface area (Å²) < 4.78 is 0. The van der Waals surface area contributed by atoms with E-state index in [1.165, 1.54) is 66.7 Å². The van der Waals surface area contributed by atoms with E-state index in [0.29, 0.717) is 0 Å². The third-order valence-electron chi connectivity index (χ3n) is 1.50. The van der Waals surface area contributed by atoms with Gasteiger partial charge in [0.25, 0.3) is 0 Å². The zero-order valence-corrected chi connectivity index (χ0v) is 12.3. The average molecular weight is 252 g/mol. The third-order valence-corrected chi connectivity index (χ3v) is 1.50. The molecule has 0 amide bonds. The van der Waals surface area contributed by atoms with Gasteiger partial charge in [-0.25, -0.2) is 0 Å². The zero-order valence-electron chi connectivity index (χ0n) is 10.7. The van der Waals surface area contributed by atoms with Crippen LogP contribution in [0.2, 0.25) is 0 Å². The van der Waals surface area contributed by atoms with Crippen LogP contribution in [0.1, 0.15) is 38.5 Å². The fraction of sp³-hybridized carbons (Fsp3) is 1.00. The van der Waals surface area contributed by atoms with Crippen molar-refractivity contribution in [2.45, 2.75) is 38.5 Å². The maximum Gasteiger partial charge on any atom is 4.00 e. The summed E-state index contributed by atoms with van der Waals surface area (Å²) in [5.41, 5.74) is 23.0. The molecule has 1 aliphatic carbocycles. The van der Waals surface area contributed by atoms with E-state index in [-0.39, 0.29) is 21.7 Å². The molecule has 15 heavy (non-hydrogen) atoms. The summed E-state index contributed by atoms with van der Waals surface area (Å²) >= 11 is 0. The smallest absolute Gasteiger partial charge is 0.680 e. The van der Waals surface area contributed by atoms with Crippen molar-refractivity contribution in [1.29, 1.82) is 0 Å². The Labute approximate surface area is 111 Å². The Bertz CT molecular complexity index is 32.9. The normalized spacial score (nSPS) is 11.2. The SMILES string of the molecule is C1CCCCC1.C[NH-].C[NH-].C[NH-].C[NH-].[Ti+4]. The minimum absolute atomic E-state index is 0. The molecule has 0 aromatic rings. The number of rotatable bonds is 0. The van der Waals surface area contributed by atoms with E-state index in [1.54, 1.807) is 0 Å². The summed E-state index contributed by atoms with van der Waals surface area (Å²) in [4.78, 5) is 0. The molecule has 92 valence electrons. The molecule has 0 spiro atoms. The van der Waals surface area contributed by atoms with Crippen molar-refractivity contribution in [3.05, 3.63) is 22.9 Å². The molecule has 0 atom stereocenters. The molecule has 4 nitrogen and oxygen atoms in total. The molecule has 0 unspecified atom stereocenters. The Hall–Kier alpha value is 0.554. The Balaban J connectivity index is -0.0000000325.